The Bertz CT molecular complexity index is 747. The number of carbonyl (C=O) groups is 3. The third-order valence-corrected chi connectivity index (χ3v) is 4.55. The van der Waals surface area contributed by atoms with Gasteiger partial charge in [-0.1, -0.05) is 0 Å². The van der Waals surface area contributed by atoms with E-state index in [0.29, 0.717) is 12.3 Å². The average Bonchev–Trinajstić information content (AvgIpc) is 2.59. The molecular formula is C15H21N3O7S. The summed E-state index contributed by atoms with van der Waals surface area (Å²) >= 11 is 0. The van der Waals surface area contributed by atoms with Gasteiger partial charge in [-0.15, -0.1) is 0 Å². The Hall–Kier alpha value is -2.66. The van der Waals surface area contributed by atoms with Crippen molar-refractivity contribution in [2.45, 2.75) is 24.8 Å². The highest BCUT2D eigenvalue weighted by molar-refractivity contribution is 7.89. The molecule has 0 heterocycles. The average molecular weight is 387 g/mol. The van der Waals surface area contributed by atoms with Crippen LogP contribution in [-0.4, -0.2) is 52.6 Å². The highest BCUT2D eigenvalue weighted by Crippen LogP contribution is 2.15. The van der Waals surface area contributed by atoms with Crippen LogP contribution < -0.4 is 20.1 Å². The SMILES string of the molecule is CCNC(=O)NC(=O)COC(=O)[C@H](C)NS(=O)(=O)c1ccc(OC)cc1. The second-order valence-corrected chi connectivity index (χ2v) is 6.75. The molecule has 1 aromatic carbocycles. The molecule has 1 rings (SSSR count). The molecule has 3 amide bonds. The number of amides is 3. The Kier molecular flexibility index (Phi) is 8.00. The first-order chi connectivity index (χ1) is 12.2. The van der Waals surface area contributed by atoms with E-state index in [-0.39, 0.29) is 4.90 Å². The zero-order valence-electron chi connectivity index (χ0n) is 14.6. The minimum Gasteiger partial charge on any atom is -0.497 e. The number of rotatable bonds is 8. The second-order valence-electron chi connectivity index (χ2n) is 5.03. The largest absolute Gasteiger partial charge is 0.497 e. The summed E-state index contributed by atoms with van der Waals surface area (Å²) in [6.45, 7) is 2.54. The first-order valence-electron chi connectivity index (χ1n) is 7.60. The van der Waals surface area contributed by atoms with E-state index in [1.165, 1.54) is 38.3 Å². The van der Waals surface area contributed by atoms with Gasteiger partial charge in [-0.05, 0) is 38.1 Å². The van der Waals surface area contributed by atoms with E-state index in [1.54, 1.807) is 6.92 Å². The van der Waals surface area contributed by atoms with Crippen LogP contribution in [0.25, 0.3) is 0 Å². The Morgan fingerprint density at radius 3 is 2.31 bits per heavy atom. The molecule has 11 heteroatoms. The Labute approximate surface area is 151 Å². The van der Waals surface area contributed by atoms with Gasteiger partial charge in [0.05, 0.1) is 12.0 Å². The van der Waals surface area contributed by atoms with Crippen LogP contribution in [0.4, 0.5) is 4.79 Å². The number of imide groups is 1. The van der Waals surface area contributed by atoms with Crippen LogP contribution in [0, 0.1) is 0 Å². The molecule has 0 radical (unpaired) electrons. The normalized spacial score (nSPS) is 12.0. The third-order valence-electron chi connectivity index (χ3n) is 2.99. The first kappa shape index (κ1) is 21.4. The Balaban J connectivity index is 2.57. The summed E-state index contributed by atoms with van der Waals surface area (Å²) in [4.78, 5) is 34.3. The Morgan fingerprint density at radius 1 is 1.15 bits per heavy atom. The summed E-state index contributed by atoms with van der Waals surface area (Å²) in [6, 6.07) is 3.60. The van der Waals surface area contributed by atoms with Gasteiger partial charge in [-0.2, -0.15) is 4.72 Å². The molecule has 10 nitrogen and oxygen atoms in total. The van der Waals surface area contributed by atoms with E-state index in [9.17, 15) is 22.8 Å². The van der Waals surface area contributed by atoms with Crippen molar-refractivity contribution in [1.82, 2.24) is 15.4 Å². The quantitative estimate of drug-likeness (QED) is 0.523. The molecule has 0 spiro atoms. The lowest BCUT2D eigenvalue weighted by Crippen LogP contribution is -2.43. The summed E-state index contributed by atoms with van der Waals surface area (Å²) in [5, 5.41) is 4.28. The minimum atomic E-state index is -3.97. The molecule has 144 valence electrons. The highest BCUT2D eigenvalue weighted by Gasteiger charge is 2.24. The van der Waals surface area contributed by atoms with Gasteiger partial charge < -0.3 is 14.8 Å². The van der Waals surface area contributed by atoms with Crippen molar-refractivity contribution in [2.75, 3.05) is 20.3 Å². The molecule has 0 fully saturated rings. The predicted molar refractivity (Wildman–Crippen MR) is 91.0 cm³/mol. The maximum Gasteiger partial charge on any atom is 0.324 e. The lowest BCUT2D eigenvalue weighted by Gasteiger charge is -2.14. The van der Waals surface area contributed by atoms with Crippen LogP contribution in [-0.2, 0) is 24.3 Å². The van der Waals surface area contributed by atoms with Crippen LogP contribution in [0.5, 0.6) is 5.75 Å². The smallest absolute Gasteiger partial charge is 0.324 e. The minimum absolute atomic E-state index is 0.0630. The number of nitrogens with one attached hydrogen (secondary N) is 3. The van der Waals surface area contributed by atoms with Crippen molar-refractivity contribution in [2.24, 2.45) is 0 Å². The number of benzene rings is 1. The molecule has 0 aromatic heterocycles. The molecule has 0 unspecified atom stereocenters. The molecular weight excluding hydrogens is 366 g/mol. The monoisotopic (exact) mass is 387 g/mol. The van der Waals surface area contributed by atoms with Crippen molar-refractivity contribution in [3.8, 4) is 5.75 Å². The van der Waals surface area contributed by atoms with Crippen LogP contribution >= 0.6 is 0 Å². The van der Waals surface area contributed by atoms with E-state index < -0.39 is 40.6 Å². The fourth-order valence-corrected chi connectivity index (χ4v) is 2.93. The summed E-state index contributed by atoms with van der Waals surface area (Å²) in [5.74, 6) is -1.32. The summed E-state index contributed by atoms with van der Waals surface area (Å²) in [6.07, 6.45) is 0. The maximum absolute atomic E-state index is 12.2. The first-order valence-corrected chi connectivity index (χ1v) is 9.08. The molecule has 3 N–H and O–H groups in total. The van der Waals surface area contributed by atoms with Gasteiger partial charge in [0, 0.05) is 6.54 Å². The van der Waals surface area contributed by atoms with E-state index in [0.717, 1.165) is 0 Å². The van der Waals surface area contributed by atoms with Crippen LogP contribution in [0.2, 0.25) is 0 Å². The van der Waals surface area contributed by atoms with E-state index in [2.05, 4.69) is 14.8 Å². The van der Waals surface area contributed by atoms with E-state index in [1.807, 2.05) is 5.32 Å². The third kappa shape index (κ3) is 6.69. The van der Waals surface area contributed by atoms with Gasteiger partial charge in [0.15, 0.2) is 6.61 Å². The predicted octanol–water partition coefficient (Wildman–Crippen LogP) is -0.249. The molecule has 26 heavy (non-hydrogen) atoms. The fourth-order valence-electron chi connectivity index (χ4n) is 1.73. The van der Waals surface area contributed by atoms with E-state index >= 15 is 0 Å². The number of hydrogen-bond acceptors (Lipinski definition) is 7. The van der Waals surface area contributed by atoms with Crippen LogP contribution in [0.15, 0.2) is 29.2 Å². The number of methoxy groups -OCH3 is 1. The number of carbonyl (C=O) groups excluding carboxylic acids is 3. The van der Waals surface area contributed by atoms with Crippen molar-refractivity contribution >= 4 is 27.9 Å². The number of hydrogen-bond donors (Lipinski definition) is 3. The molecule has 1 atom stereocenters. The number of ether oxygens (including phenoxy) is 2. The summed E-state index contributed by atoms with van der Waals surface area (Å²) < 4.78 is 36.2. The van der Waals surface area contributed by atoms with Crippen molar-refractivity contribution in [1.29, 1.82) is 0 Å². The maximum atomic E-state index is 12.2. The van der Waals surface area contributed by atoms with Crippen molar-refractivity contribution < 1.29 is 32.3 Å². The van der Waals surface area contributed by atoms with Crippen molar-refractivity contribution in [3.05, 3.63) is 24.3 Å². The van der Waals surface area contributed by atoms with Crippen LogP contribution in [0.3, 0.4) is 0 Å². The summed E-state index contributed by atoms with van der Waals surface area (Å²) in [7, 11) is -2.52. The second kappa shape index (κ2) is 9.73. The molecule has 1 aromatic rings. The zero-order valence-corrected chi connectivity index (χ0v) is 15.4. The van der Waals surface area contributed by atoms with Gasteiger partial charge in [0.2, 0.25) is 10.0 Å². The lowest BCUT2D eigenvalue weighted by atomic mass is 10.3. The van der Waals surface area contributed by atoms with Gasteiger partial charge in [0.25, 0.3) is 5.91 Å². The summed E-state index contributed by atoms with van der Waals surface area (Å²) in [5.41, 5.74) is 0. The van der Waals surface area contributed by atoms with E-state index in [4.69, 9.17) is 4.74 Å². The van der Waals surface area contributed by atoms with Crippen molar-refractivity contribution in [3.63, 3.8) is 0 Å². The van der Waals surface area contributed by atoms with Gasteiger partial charge in [0.1, 0.15) is 11.8 Å². The molecule has 0 aliphatic heterocycles. The number of esters is 1. The van der Waals surface area contributed by atoms with Gasteiger partial charge in [-0.3, -0.25) is 14.9 Å². The molecule has 0 aliphatic rings. The molecule has 0 saturated carbocycles. The Morgan fingerprint density at radius 2 is 1.77 bits per heavy atom. The van der Waals surface area contributed by atoms with Gasteiger partial charge >= 0.3 is 12.0 Å². The fraction of sp³-hybridized carbons (Fsp3) is 0.400. The van der Waals surface area contributed by atoms with Gasteiger partial charge in [-0.25, -0.2) is 13.2 Å². The standard InChI is InChI=1S/C15H21N3O7S/c1-4-16-15(21)17-13(19)9-25-14(20)10(2)18-26(22,23)12-7-5-11(24-3)6-8-12/h5-8,10,18H,4,9H2,1-3H3,(H2,16,17,19,21)/t10-/m0/s1. The highest BCUT2D eigenvalue weighted by atomic mass is 32.2. The number of urea groups is 1. The van der Waals surface area contributed by atoms with Crippen LogP contribution in [0.1, 0.15) is 13.8 Å². The zero-order chi connectivity index (χ0) is 19.7. The lowest BCUT2D eigenvalue weighted by molar-refractivity contribution is -0.149. The molecule has 0 bridgehead atoms. The molecule has 0 aliphatic carbocycles. The number of sulfonamides is 1. The molecule has 0 saturated heterocycles. The topological polar surface area (TPSA) is 140 Å².